The number of H-pyrrole nitrogens is 1. The van der Waals surface area contributed by atoms with Crippen LogP contribution in [0.5, 0.6) is 5.75 Å². The molecule has 0 bridgehead atoms. The van der Waals surface area contributed by atoms with Crippen LogP contribution in [0.2, 0.25) is 0 Å². The lowest BCUT2D eigenvalue weighted by Gasteiger charge is -2.32. The molecule has 3 rings (SSSR count). The van der Waals surface area contributed by atoms with E-state index < -0.39 is 4.92 Å². The van der Waals surface area contributed by atoms with Crippen molar-refractivity contribution in [3.8, 4) is 5.75 Å². The number of piperidine rings is 1. The number of hydrogen-bond donors (Lipinski definition) is 2. The molecule has 2 heterocycles. The molecule has 0 radical (unpaired) electrons. The van der Waals surface area contributed by atoms with Crippen LogP contribution < -0.4 is 0 Å². The van der Waals surface area contributed by atoms with Crippen LogP contribution >= 0.6 is 0 Å². The summed E-state index contributed by atoms with van der Waals surface area (Å²) in [6.45, 7) is 1.14. The van der Waals surface area contributed by atoms with E-state index in [1.54, 1.807) is 11.1 Å². The van der Waals surface area contributed by atoms with Gasteiger partial charge < -0.3 is 10.0 Å². The van der Waals surface area contributed by atoms with Gasteiger partial charge in [0.1, 0.15) is 5.75 Å². The lowest BCUT2D eigenvalue weighted by molar-refractivity contribution is -0.384. The molecule has 23 heavy (non-hydrogen) atoms. The first kappa shape index (κ1) is 15.0. The molecule has 0 saturated carbocycles. The minimum absolute atomic E-state index is 0.0865. The van der Waals surface area contributed by atoms with Gasteiger partial charge in [0, 0.05) is 31.3 Å². The average Bonchev–Trinajstić information content (AvgIpc) is 3.08. The predicted molar refractivity (Wildman–Crippen MR) is 81.2 cm³/mol. The number of amides is 1. The second-order valence-electron chi connectivity index (χ2n) is 5.58. The number of aromatic nitrogens is 2. The van der Waals surface area contributed by atoms with E-state index in [1.807, 2.05) is 6.20 Å². The van der Waals surface area contributed by atoms with Crippen molar-refractivity contribution in [2.45, 2.75) is 18.8 Å². The number of benzene rings is 1. The smallest absolute Gasteiger partial charge is 0.273 e. The molecule has 1 aromatic heterocycles. The van der Waals surface area contributed by atoms with Crippen LogP contribution in [0.15, 0.2) is 30.6 Å². The normalized spacial score (nSPS) is 17.9. The number of nitrogens with zero attached hydrogens (tertiary/aromatic N) is 3. The molecule has 8 nitrogen and oxygen atoms in total. The first-order valence-electron chi connectivity index (χ1n) is 7.31. The number of phenols is 1. The van der Waals surface area contributed by atoms with E-state index in [9.17, 15) is 20.0 Å². The number of aromatic hydroxyl groups is 1. The fraction of sp³-hybridized carbons (Fsp3) is 0.333. The molecular formula is C15H16N4O4. The summed E-state index contributed by atoms with van der Waals surface area (Å²) in [4.78, 5) is 24.4. The summed E-state index contributed by atoms with van der Waals surface area (Å²) in [5, 5.41) is 27.3. The number of carbonyl (C=O) groups excluding carboxylic acids is 1. The van der Waals surface area contributed by atoms with Crippen molar-refractivity contribution >= 4 is 11.6 Å². The quantitative estimate of drug-likeness (QED) is 0.664. The molecule has 1 aliphatic rings. The van der Waals surface area contributed by atoms with E-state index in [0.717, 1.165) is 24.5 Å². The summed E-state index contributed by atoms with van der Waals surface area (Å²) < 4.78 is 0. The maximum Gasteiger partial charge on any atom is 0.273 e. The van der Waals surface area contributed by atoms with E-state index in [-0.39, 0.29) is 28.8 Å². The van der Waals surface area contributed by atoms with Crippen LogP contribution in [0, 0.1) is 10.1 Å². The first-order chi connectivity index (χ1) is 11.1. The standard InChI is InChI=1S/C15H16N4O4/c20-14-6-12(19(22)23)3-4-13(14)15(21)18-5-1-2-10(9-18)11-7-16-17-8-11/h3-4,6-8,10,20H,1-2,5,9H2,(H,16,17)/t10-/m0/s1. The summed E-state index contributed by atoms with van der Waals surface area (Å²) in [6.07, 6.45) is 5.40. The Morgan fingerprint density at radius 3 is 2.96 bits per heavy atom. The molecule has 1 atom stereocenters. The van der Waals surface area contributed by atoms with Gasteiger partial charge in [0.25, 0.3) is 11.6 Å². The third kappa shape index (κ3) is 3.01. The fourth-order valence-electron chi connectivity index (χ4n) is 2.90. The lowest BCUT2D eigenvalue weighted by atomic mass is 9.92. The lowest BCUT2D eigenvalue weighted by Crippen LogP contribution is -2.39. The molecule has 1 aliphatic heterocycles. The van der Waals surface area contributed by atoms with Gasteiger partial charge in [-0.2, -0.15) is 5.10 Å². The molecule has 2 aromatic rings. The Morgan fingerprint density at radius 1 is 1.48 bits per heavy atom. The van der Waals surface area contributed by atoms with Crippen LogP contribution in [0.1, 0.15) is 34.7 Å². The third-order valence-corrected chi connectivity index (χ3v) is 4.12. The van der Waals surface area contributed by atoms with Gasteiger partial charge in [-0.25, -0.2) is 0 Å². The maximum atomic E-state index is 12.6. The Balaban J connectivity index is 1.78. The Bertz CT molecular complexity index is 729. The molecule has 2 N–H and O–H groups in total. The average molecular weight is 316 g/mol. The molecule has 1 amide bonds. The number of nitro benzene ring substituents is 1. The Hall–Kier alpha value is -2.90. The van der Waals surface area contributed by atoms with E-state index >= 15 is 0 Å². The monoisotopic (exact) mass is 316 g/mol. The van der Waals surface area contributed by atoms with Crippen molar-refractivity contribution in [1.29, 1.82) is 0 Å². The molecule has 0 spiro atoms. The van der Waals surface area contributed by atoms with Gasteiger partial charge in [-0.15, -0.1) is 0 Å². The molecule has 0 unspecified atom stereocenters. The summed E-state index contributed by atoms with van der Waals surface area (Å²) in [6, 6.07) is 3.53. The van der Waals surface area contributed by atoms with Crippen LogP contribution in [-0.2, 0) is 0 Å². The fourth-order valence-corrected chi connectivity index (χ4v) is 2.90. The largest absolute Gasteiger partial charge is 0.507 e. The van der Waals surface area contributed by atoms with Crippen LogP contribution in [-0.4, -0.2) is 44.1 Å². The Morgan fingerprint density at radius 2 is 2.30 bits per heavy atom. The molecule has 1 aromatic carbocycles. The summed E-state index contributed by atoms with van der Waals surface area (Å²) in [5.41, 5.74) is 0.896. The zero-order valence-electron chi connectivity index (χ0n) is 12.3. The second-order valence-corrected chi connectivity index (χ2v) is 5.58. The van der Waals surface area contributed by atoms with Gasteiger partial charge in [0.15, 0.2) is 0 Å². The highest BCUT2D eigenvalue weighted by Gasteiger charge is 2.27. The van der Waals surface area contributed by atoms with Gasteiger partial charge in [0.05, 0.1) is 22.7 Å². The van der Waals surface area contributed by atoms with E-state index in [4.69, 9.17) is 0 Å². The highest BCUT2D eigenvalue weighted by Crippen LogP contribution is 2.29. The second kappa shape index (κ2) is 6.07. The van der Waals surface area contributed by atoms with Crippen LogP contribution in [0.3, 0.4) is 0 Å². The number of carbonyl (C=O) groups is 1. The Labute approximate surface area is 131 Å². The maximum absolute atomic E-state index is 12.6. The topological polar surface area (TPSA) is 112 Å². The van der Waals surface area contributed by atoms with E-state index in [0.29, 0.717) is 13.1 Å². The predicted octanol–water partition coefficient (Wildman–Crippen LogP) is 2.04. The Kier molecular flexibility index (Phi) is 3.96. The molecule has 0 aliphatic carbocycles. The molecule has 8 heteroatoms. The number of likely N-dealkylation sites (tertiary alicyclic amines) is 1. The molecule has 120 valence electrons. The van der Waals surface area contributed by atoms with Crippen molar-refractivity contribution in [3.05, 3.63) is 51.8 Å². The number of hydrogen-bond acceptors (Lipinski definition) is 5. The zero-order valence-corrected chi connectivity index (χ0v) is 12.3. The van der Waals surface area contributed by atoms with Gasteiger partial charge in [0.2, 0.25) is 0 Å². The molecular weight excluding hydrogens is 300 g/mol. The summed E-state index contributed by atoms with van der Waals surface area (Å²) in [5.74, 6) is -0.480. The number of phenolic OH excluding ortho intramolecular Hbond substituents is 1. The van der Waals surface area contributed by atoms with E-state index in [2.05, 4.69) is 10.2 Å². The minimum atomic E-state index is -0.607. The number of non-ortho nitro benzene ring substituents is 1. The summed E-state index contributed by atoms with van der Waals surface area (Å²) in [7, 11) is 0. The first-order valence-corrected chi connectivity index (χ1v) is 7.31. The third-order valence-electron chi connectivity index (χ3n) is 4.12. The summed E-state index contributed by atoms with van der Waals surface area (Å²) >= 11 is 0. The van der Waals surface area contributed by atoms with Gasteiger partial charge in [-0.1, -0.05) is 0 Å². The number of nitrogens with one attached hydrogen (secondary N) is 1. The number of aromatic amines is 1. The SMILES string of the molecule is O=C(c1ccc([N+](=O)[O-])cc1O)N1CCC[C@H](c2cn[nH]c2)C1. The molecule has 1 saturated heterocycles. The van der Waals surface area contributed by atoms with Crippen LogP contribution in [0.4, 0.5) is 5.69 Å². The van der Waals surface area contributed by atoms with Crippen molar-refractivity contribution in [2.24, 2.45) is 0 Å². The van der Waals surface area contributed by atoms with E-state index in [1.165, 1.54) is 12.1 Å². The molecule has 1 fully saturated rings. The van der Waals surface area contributed by atoms with Gasteiger partial charge in [-0.3, -0.25) is 20.0 Å². The number of rotatable bonds is 3. The van der Waals surface area contributed by atoms with Crippen LogP contribution in [0.25, 0.3) is 0 Å². The number of nitro groups is 1. The van der Waals surface area contributed by atoms with Crippen molar-refractivity contribution in [3.63, 3.8) is 0 Å². The van der Waals surface area contributed by atoms with Crippen molar-refractivity contribution in [2.75, 3.05) is 13.1 Å². The van der Waals surface area contributed by atoms with Crippen molar-refractivity contribution < 1.29 is 14.8 Å². The van der Waals surface area contributed by atoms with Crippen molar-refractivity contribution in [1.82, 2.24) is 15.1 Å². The van der Waals surface area contributed by atoms with Gasteiger partial charge in [-0.05, 0) is 24.5 Å². The zero-order chi connectivity index (χ0) is 16.4. The highest BCUT2D eigenvalue weighted by molar-refractivity contribution is 5.97. The minimum Gasteiger partial charge on any atom is -0.507 e. The van der Waals surface area contributed by atoms with Gasteiger partial charge >= 0.3 is 0 Å². The highest BCUT2D eigenvalue weighted by atomic mass is 16.6.